The molecule has 156 valence electrons. The zero-order valence-corrected chi connectivity index (χ0v) is 16.9. The summed E-state index contributed by atoms with van der Waals surface area (Å²) in [6.45, 7) is 4.21. The van der Waals surface area contributed by atoms with Gasteiger partial charge in [-0.15, -0.1) is 0 Å². The highest BCUT2D eigenvalue weighted by molar-refractivity contribution is 5.75. The Morgan fingerprint density at radius 1 is 0.667 bits per heavy atom. The number of aromatic nitrogens is 2. The monoisotopic (exact) mass is 406 g/mol. The van der Waals surface area contributed by atoms with Gasteiger partial charge >= 0.3 is 6.03 Å². The van der Waals surface area contributed by atoms with Crippen LogP contribution in [-0.4, -0.2) is 51.1 Å². The van der Waals surface area contributed by atoms with Crippen LogP contribution in [0.4, 0.5) is 4.79 Å². The summed E-state index contributed by atoms with van der Waals surface area (Å²) < 4.78 is 3.81. The van der Waals surface area contributed by atoms with E-state index in [1.807, 2.05) is 43.2 Å². The summed E-state index contributed by atoms with van der Waals surface area (Å²) in [6, 6.07) is 11.1. The second kappa shape index (κ2) is 6.59. The van der Waals surface area contributed by atoms with Crippen LogP contribution in [0.25, 0.3) is 0 Å². The topological polar surface area (TPSA) is 67.6 Å². The lowest BCUT2D eigenvalue weighted by atomic mass is 9.82. The van der Waals surface area contributed by atoms with Crippen LogP contribution in [0.1, 0.15) is 36.1 Å². The number of hydrogen-bond donors (Lipinski definition) is 0. The highest BCUT2D eigenvalue weighted by atomic mass is 16.2. The van der Waals surface area contributed by atoms with Crippen LogP contribution >= 0.6 is 0 Å². The van der Waals surface area contributed by atoms with E-state index in [2.05, 4.69) is 0 Å². The van der Waals surface area contributed by atoms with E-state index in [1.165, 1.54) is 0 Å². The molecule has 0 N–H and O–H groups in total. The Kier molecular flexibility index (Phi) is 3.95. The second-order valence-electron chi connectivity index (χ2n) is 9.49. The highest BCUT2D eigenvalue weighted by Gasteiger charge is 2.41. The Morgan fingerprint density at radius 2 is 1.13 bits per heavy atom. The Bertz CT molecular complexity index is 1050. The van der Waals surface area contributed by atoms with Gasteiger partial charge in [-0.05, 0) is 36.8 Å². The first-order valence-electron chi connectivity index (χ1n) is 11.0. The van der Waals surface area contributed by atoms with Crippen LogP contribution in [0.2, 0.25) is 0 Å². The zero-order chi connectivity index (χ0) is 20.4. The first kappa shape index (κ1) is 18.0. The Morgan fingerprint density at radius 3 is 1.60 bits per heavy atom. The third-order valence-corrected chi connectivity index (χ3v) is 7.50. The quantitative estimate of drug-likeness (QED) is 0.668. The van der Waals surface area contributed by atoms with E-state index in [1.54, 1.807) is 12.1 Å². The van der Waals surface area contributed by atoms with Gasteiger partial charge in [0.1, 0.15) is 0 Å². The first-order chi connectivity index (χ1) is 14.6. The molecule has 0 aliphatic carbocycles. The molecular weight excluding hydrogens is 380 g/mol. The molecule has 2 fully saturated rings. The van der Waals surface area contributed by atoms with Gasteiger partial charge in [-0.1, -0.05) is 12.1 Å². The molecule has 7 heteroatoms. The molecule has 4 atom stereocenters. The molecule has 4 aliphatic rings. The number of carbonyl (C=O) groups excluding carboxylic acids is 1. The standard InChI is InChI=1S/C23H26N4O3/c28-21-5-1-3-19-17-7-15(11-26(19)21)9-24(13-17)23(30)25-10-16-8-18(14-25)20-4-2-6-22(29)27(20)12-16/h1-6,15-18H,7-14H2. The van der Waals surface area contributed by atoms with Crippen molar-refractivity contribution in [1.82, 2.24) is 18.9 Å². The molecule has 7 nitrogen and oxygen atoms in total. The minimum Gasteiger partial charge on any atom is -0.324 e. The number of nitrogens with zero attached hydrogens (tertiary/aromatic N) is 4. The van der Waals surface area contributed by atoms with Crippen molar-refractivity contribution in [2.24, 2.45) is 11.8 Å². The van der Waals surface area contributed by atoms with Crippen molar-refractivity contribution in [2.45, 2.75) is 37.8 Å². The van der Waals surface area contributed by atoms with Crippen molar-refractivity contribution >= 4 is 6.03 Å². The van der Waals surface area contributed by atoms with Crippen molar-refractivity contribution in [1.29, 1.82) is 0 Å². The second-order valence-corrected chi connectivity index (χ2v) is 9.49. The van der Waals surface area contributed by atoms with Gasteiger partial charge in [-0.2, -0.15) is 0 Å². The maximum absolute atomic E-state index is 13.5. The fourth-order valence-corrected chi connectivity index (χ4v) is 6.31. The third-order valence-electron chi connectivity index (χ3n) is 7.50. The molecule has 2 aromatic rings. The molecule has 2 aromatic heterocycles. The summed E-state index contributed by atoms with van der Waals surface area (Å²) >= 11 is 0. The lowest BCUT2D eigenvalue weighted by molar-refractivity contribution is 0.0778. The van der Waals surface area contributed by atoms with Crippen LogP contribution < -0.4 is 11.1 Å². The fourth-order valence-electron chi connectivity index (χ4n) is 6.31. The average molecular weight is 406 g/mol. The first-order valence-corrected chi connectivity index (χ1v) is 11.0. The van der Waals surface area contributed by atoms with Crippen LogP contribution in [0, 0.1) is 11.8 Å². The van der Waals surface area contributed by atoms with E-state index in [9.17, 15) is 14.4 Å². The smallest absolute Gasteiger partial charge is 0.320 e. The largest absolute Gasteiger partial charge is 0.324 e. The van der Waals surface area contributed by atoms with E-state index < -0.39 is 0 Å². The van der Waals surface area contributed by atoms with Crippen LogP contribution in [0.5, 0.6) is 0 Å². The third kappa shape index (κ3) is 2.75. The molecule has 4 unspecified atom stereocenters. The summed E-state index contributed by atoms with van der Waals surface area (Å²) in [5, 5.41) is 0. The molecule has 2 amide bonds. The molecule has 0 spiro atoms. The van der Waals surface area contributed by atoms with Gasteiger partial charge in [0.05, 0.1) is 0 Å². The molecule has 4 aliphatic heterocycles. The van der Waals surface area contributed by atoms with Gasteiger partial charge in [0, 0.05) is 74.6 Å². The predicted octanol–water partition coefficient (Wildman–Crippen LogP) is 1.67. The minimum absolute atomic E-state index is 0.0692. The molecule has 0 aromatic carbocycles. The maximum atomic E-state index is 13.5. The van der Waals surface area contributed by atoms with Gasteiger partial charge in [0.2, 0.25) is 0 Å². The summed E-state index contributed by atoms with van der Waals surface area (Å²) in [5.74, 6) is 1.14. The summed E-state index contributed by atoms with van der Waals surface area (Å²) in [7, 11) is 0. The van der Waals surface area contributed by atoms with E-state index in [0.29, 0.717) is 38.0 Å². The number of amides is 2. The summed E-state index contributed by atoms with van der Waals surface area (Å²) in [4.78, 5) is 42.0. The molecular formula is C23H26N4O3. The van der Waals surface area contributed by atoms with Crippen LogP contribution in [0.15, 0.2) is 46.0 Å². The Hall–Kier alpha value is -2.83. The van der Waals surface area contributed by atoms with Crippen molar-refractivity contribution in [3.05, 3.63) is 68.5 Å². The van der Waals surface area contributed by atoms with Gasteiger partial charge in [0.25, 0.3) is 11.1 Å². The van der Waals surface area contributed by atoms with Crippen LogP contribution in [0.3, 0.4) is 0 Å². The van der Waals surface area contributed by atoms with E-state index >= 15 is 0 Å². The number of carbonyl (C=O) groups is 1. The molecule has 2 saturated heterocycles. The number of piperidine rings is 2. The van der Waals surface area contributed by atoms with E-state index in [4.69, 9.17) is 0 Å². The molecule has 6 rings (SSSR count). The predicted molar refractivity (Wildman–Crippen MR) is 112 cm³/mol. The molecule has 6 heterocycles. The number of hydrogen-bond acceptors (Lipinski definition) is 3. The summed E-state index contributed by atoms with van der Waals surface area (Å²) in [6.07, 6.45) is 2.10. The van der Waals surface area contributed by atoms with Crippen LogP contribution in [-0.2, 0) is 13.1 Å². The highest BCUT2D eigenvalue weighted by Crippen LogP contribution is 2.38. The van der Waals surface area contributed by atoms with Gasteiger partial charge in [-0.25, -0.2) is 4.79 Å². The number of likely N-dealkylation sites (tertiary alicyclic amines) is 2. The molecule has 30 heavy (non-hydrogen) atoms. The Labute approximate surface area is 174 Å². The van der Waals surface area contributed by atoms with Crippen molar-refractivity contribution < 1.29 is 4.79 Å². The number of rotatable bonds is 0. The number of pyridine rings is 2. The van der Waals surface area contributed by atoms with Gasteiger partial charge in [-0.3, -0.25) is 9.59 Å². The SMILES string of the molecule is O=C(N1CC2CC(C1)c1cccc(=O)n1C2)N1CC2CC(C1)c1cccc(=O)n1C2. The summed E-state index contributed by atoms with van der Waals surface area (Å²) in [5.41, 5.74) is 2.28. The van der Waals surface area contributed by atoms with Gasteiger partial charge < -0.3 is 18.9 Å². The molecule has 0 radical (unpaired) electrons. The van der Waals surface area contributed by atoms with E-state index in [0.717, 1.165) is 37.3 Å². The van der Waals surface area contributed by atoms with Crippen molar-refractivity contribution in [3.8, 4) is 0 Å². The molecule has 0 saturated carbocycles. The zero-order valence-electron chi connectivity index (χ0n) is 16.9. The number of urea groups is 1. The maximum Gasteiger partial charge on any atom is 0.320 e. The van der Waals surface area contributed by atoms with E-state index in [-0.39, 0.29) is 29.0 Å². The average Bonchev–Trinajstić information content (AvgIpc) is 2.74. The normalized spacial score (nSPS) is 29.2. The van der Waals surface area contributed by atoms with Crippen molar-refractivity contribution in [2.75, 3.05) is 26.2 Å². The van der Waals surface area contributed by atoms with Crippen molar-refractivity contribution in [3.63, 3.8) is 0 Å². The minimum atomic E-state index is 0.0692. The number of fused-ring (bicyclic) bond motifs is 8. The Balaban J connectivity index is 1.24. The fraction of sp³-hybridized carbons (Fsp3) is 0.522. The lowest BCUT2D eigenvalue weighted by Gasteiger charge is -2.47. The lowest BCUT2D eigenvalue weighted by Crippen LogP contribution is -2.56. The van der Waals surface area contributed by atoms with Gasteiger partial charge in [0.15, 0.2) is 0 Å². The molecule has 4 bridgehead atoms.